The fourth-order valence-electron chi connectivity index (χ4n) is 1.50. The van der Waals surface area contributed by atoms with Gasteiger partial charge in [-0.05, 0) is 50.6 Å². The van der Waals surface area contributed by atoms with Crippen molar-refractivity contribution in [2.45, 2.75) is 25.8 Å². The molecule has 15 heavy (non-hydrogen) atoms. The molecule has 0 aliphatic heterocycles. The van der Waals surface area contributed by atoms with Crippen molar-refractivity contribution in [1.82, 2.24) is 5.32 Å². The number of rotatable bonds is 6. The Morgan fingerprint density at radius 1 is 1.33 bits per heavy atom. The first-order chi connectivity index (χ1) is 7.22. The third-order valence-corrected chi connectivity index (χ3v) is 2.86. The Labute approximate surface area is 100 Å². The fraction of sp³-hybridized carbons (Fsp3) is 0.500. The third-order valence-electron chi connectivity index (χ3n) is 2.33. The van der Waals surface area contributed by atoms with E-state index in [9.17, 15) is 0 Å². The van der Waals surface area contributed by atoms with Gasteiger partial charge >= 0.3 is 0 Å². The normalized spacial score (nSPS) is 12.7. The van der Waals surface area contributed by atoms with Crippen molar-refractivity contribution in [3.63, 3.8) is 0 Å². The van der Waals surface area contributed by atoms with Gasteiger partial charge in [0.1, 0.15) is 0 Å². The first kappa shape index (κ1) is 12.7. The molecular formula is C12H19BrN2. The lowest BCUT2D eigenvalue weighted by Crippen LogP contribution is -2.30. The van der Waals surface area contributed by atoms with Gasteiger partial charge in [0.2, 0.25) is 0 Å². The van der Waals surface area contributed by atoms with Crippen molar-refractivity contribution in [2.24, 2.45) is 5.73 Å². The Kier molecular flexibility index (Phi) is 5.91. The zero-order valence-electron chi connectivity index (χ0n) is 9.17. The van der Waals surface area contributed by atoms with Gasteiger partial charge in [0.05, 0.1) is 0 Å². The number of benzene rings is 1. The van der Waals surface area contributed by atoms with E-state index < -0.39 is 0 Å². The second-order valence-electron chi connectivity index (χ2n) is 3.83. The molecule has 1 aromatic rings. The van der Waals surface area contributed by atoms with E-state index in [4.69, 9.17) is 5.73 Å². The Morgan fingerprint density at radius 2 is 2.00 bits per heavy atom. The van der Waals surface area contributed by atoms with Gasteiger partial charge in [-0.15, -0.1) is 0 Å². The van der Waals surface area contributed by atoms with Gasteiger partial charge in [0.15, 0.2) is 0 Å². The first-order valence-corrected chi connectivity index (χ1v) is 6.19. The number of hydrogen-bond donors (Lipinski definition) is 2. The quantitative estimate of drug-likeness (QED) is 0.779. The Balaban J connectivity index is 2.31. The van der Waals surface area contributed by atoms with Crippen LogP contribution < -0.4 is 11.1 Å². The van der Waals surface area contributed by atoms with Gasteiger partial charge in [0, 0.05) is 10.5 Å². The van der Waals surface area contributed by atoms with E-state index in [0.717, 1.165) is 30.4 Å². The summed E-state index contributed by atoms with van der Waals surface area (Å²) in [4.78, 5) is 0. The molecule has 0 bridgehead atoms. The monoisotopic (exact) mass is 270 g/mol. The summed E-state index contributed by atoms with van der Waals surface area (Å²) < 4.78 is 1.13. The topological polar surface area (TPSA) is 38.0 Å². The summed E-state index contributed by atoms with van der Waals surface area (Å²) in [5, 5.41) is 3.45. The second kappa shape index (κ2) is 6.99. The Bertz CT molecular complexity index is 271. The summed E-state index contributed by atoms with van der Waals surface area (Å²) in [5.74, 6) is 0. The van der Waals surface area contributed by atoms with Gasteiger partial charge in [-0.25, -0.2) is 0 Å². The molecule has 2 nitrogen and oxygen atoms in total. The molecule has 0 saturated carbocycles. The van der Waals surface area contributed by atoms with Crippen LogP contribution in [0.3, 0.4) is 0 Å². The zero-order valence-corrected chi connectivity index (χ0v) is 10.8. The van der Waals surface area contributed by atoms with Crippen LogP contribution in [0.25, 0.3) is 0 Å². The minimum Gasteiger partial charge on any atom is -0.330 e. The van der Waals surface area contributed by atoms with Crippen LogP contribution in [0.4, 0.5) is 0 Å². The molecule has 0 amide bonds. The summed E-state index contributed by atoms with van der Waals surface area (Å²) in [5.41, 5.74) is 6.81. The van der Waals surface area contributed by atoms with Gasteiger partial charge in [-0.1, -0.05) is 28.1 Å². The minimum atomic E-state index is 0.512. The van der Waals surface area contributed by atoms with Crippen LogP contribution in [0.1, 0.15) is 18.9 Å². The SMILES string of the molecule is CC(Cc1ccc(Br)cc1)NCCCN. The van der Waals surface area contributed by atoms with Crippen LogP contribution in [0.5, 0.6) is 0 Å². The Hall–Kier alpha value is -0.380. The standard InChI is InChI=1S/C12H19BrN2/c1-10(15-8-2-7-14)9-11-3-5-12(13)6-4-11/h3-6,10,15H,2,7-9,14H2,1H3. The van der Waals surface area contributed by atoms with Crippen molar-refractivity contribution in [3.05, 3.63) is 34.3 Å². The first-order valence-electron chi connectivity index (χ1n) is 5.40. The van der Waals surface area contributed by atoms with Crippen LogP contribution in [-0.4, -0.2) is 19.1 Å². The highest BCUT2D eigenvalue weighted by molar-refractivity contribution is 9.10. The molecule has 1 unspecified atom stereocenters. The van der Waals surface area contributed by atoms with E-state index in [1.807, 2.05) is 0 Å². The van der Waals surface area contributed by atoms with E-state index in [1.54, 1.807) is 0 Å². The number of hydrogen-bond acceptors (Lipinski definition) is 2. The maximum atomic E-state index is 5.44. The largest absolute Gasteiger partial charge is 0.330 e. The van der Waals surface area contributed by atoms with Gasteiger partial charge in [-0.2, -0.15) is 0 Å². The Morgan fingerprint density at radius 3 is 2.60 bits per heavy atom. The second-order valence-corrected chi connectivity index (χ2v) is 4.74. The molecule has 0 aliphatic carbocycles. The molecule has 1 atom stereocenters. The van der Waals surface area contributed by atoms with E-state index in [0.29, 0.717) is 6.04 Å². The molecule has 0 saturated heterocycles. The molecule has 0 fully saturated rings. The van der Waals surface area contributed by atoms with Crippen LogP contribution >= 0.6 is 15.9 Å². The molecule has 0 spiro atoms. The summed E-state index contributed by atoms with van der Waals surface area (Å²) in [7, 11) is 0. The van der Waals surface area contributed by atoms with Gasteiger partial charge < -0.3 is 11.1 Å². The minimum absolute atomic E-state index is 0.512. The van der Waals surface area contributed by atoms with Crippen LogP contribution in [-0.2, 0) is 6.42 Å². The molecule has 0 aliphatic rings. The lowest BCUT2D eigenvalue weighted by Gasteiger charge is -2.13. The molecule has 0 heterocycles. The maximum Gasteiger partial charge on any atom is 0.0175 e. The fourth-order valence-corrected chi connectivity index (χ4v) is 1.76. The lowest BCUT2D eigenvalue weighted by atomic mass is 10.1. The zero-order chi connectivity index (χ0) is 11.1. The van der Waals surface area contributed by atoms with E-state index in [-0.39, 0.29) is 0 Å². The van der Waals surface area contributed by atoms with Crippen LogP contribution in [0.15, 0.2) is 28.7 Å². The maximum absolute atomic E-state index is 5.44. The van der Waals surface area contributed by atoms with E-state index in [2.05, 4.69) is 52.4 Å². The lowest BCUT2D eigenvalue weighted by molar-refractivity contribution is 0.537. The average molecular weight is 271 g/mol. The van der Waals surface area contributed by atoms with Crippen LogP contribution in [0, 0.1) is 0 Å². The van der Waals surface area contributed by atoms with Crippen LogP contribution in [0.2, 0.25) is 0 Å². The molecule has 3 N–H and O–H groups in total. The number of nitrogens with one attached hydrogen (secondary N) is 1. The molecule has 0 radical (unpaired) electrons. The molecular weight excluding hydrogens is 252 g/mol. The average Bonchev–Trinajstić information content (AvgIpc) is 2.22. The predicted octanol–water partition coefficient (Wildman–Crippen LogP) is 2.32. The molecule has 1 aromatic carbocycles. The van der Waals surface area contributed by atoms with Crippen molar-refractivity contribution in [1.29, 1.82) is 0 Å². The summed E-state index contributed by atoms with van der Waals surface area (Å²) >= 11 is 3.43. The molecule has 3 heteroatoms. The third kappa shape index (κ3) is 5.30. The van der Waals surface area contributed by atoms with E-state index >= 15 is 0 Å². The van der Waals surface area contributed by atoms with E-state index in [1.165, 1.54) is 5.56 Å². The highest BCUT2D eigenvalue weighted by atomic mass is 79.9. The van der Waals surface area contributed by atoms with Gasteiger partial charge in [-0.3, -0.25) is 0 Å². The van der Waals surface area contributed by atoms with Crippen molar-refractivity contribution in [3.8, 4) is 0 Å². The number of nitrogens with two attached hydrogens (primary N) is 1. The predicted molar refractivity (Wildman–Crippen MR) is 69.0 cm³/mol. The highest BCUT2D eigenvalue weighted by Crippen LogP contribution is 2.11. The summed E-state index contributed by atoms with van der Waals surface area (Å²) in [6.07, 6.45) is 2.11. The number of halogens is 1. The molecule has 0 aromatic heterocycles. The van der Waals surface area contributed by atoms with Crippen molar-refractivity contribution in [2.75, 3.05) is 13.1 Å². The summed E-state index contributed by atoms with van der Waals surface area (Å²) in [6.45, 7) is 3.98. The summed E-state index contributed by atoms with van der Waals surface area (Å²) in [6, 6.07) is 9.00. The highest BCUT2D eigenvalue weighted by Gasteiger charge is 2.01. The van der Waals surface area contributed by atoms with Crippen molar-refractivity contribution >= 4 is 15.9 Å². The van der Waals surface area contributed by atoms with Gasteiger partial charge in [0.25, 0.3) is 0 Å². The van der Waals surface area contributed by atoms with Crippen molar-refractivity contribution < 1.29 is 0 Å². The smallest absolute Gasteiger partial charge is 0.0175 e. The molecule has 1 rings (SSSR count). The molecule has 84 valence electrons.